The molecule has 1 amide bonds. The first kappa shape index (κ1) is 11.9. The number of aliphatic hydroxyl groups is 1. The molecule has 2 atom stereocenters. The Hall–Kier alpha value is -1.53. The Morgan fingerprint density at radius 1 is 1.65 bits per heavy atom. The maximum Gasteiger partial charge on any atom is 0.254 e. The number of amides is 1. The Morgan fingerprint density at radius 2 is 2.35 bits per heavy atom. The summed E-state index contributed by atoms with van der Waals surface area (Å²) in [5.74, 6) is -0.293. The Kier molecular flexibility index (Phi) is 3.35. The number of carbonyl (C=O) groups is 1. The van der Waals surface area contributed by atoms with Crippen molar-refractivity contribution in [1.29, 1.82) is 0 Å². The molecule has 2 N–H and O–H groups in total. The third kappa shape index (κ3) is 2.59. The minimum absolute atomic E-state index is 0.169. The van der Waals surface area contributed by atoms with Gasteiger partial charge in [0.05, 0.1) is 11.7 Å². The average Bonchev–Trinajstić information content (AvgIpc) is 2.68. The zero-order valence-corrected chi connectivity index (χ0v) is 9.59. The summed E-state index contributed by atoms with van der Waals surface area (Å²) in [5, 5.41) is 12.8. The second-order valence-electron chi connectivity index (χ2n) is 4.18. The Labute approximate surface area is 99.0 Å². The minimum Gasteiger partial charge on any atom is -0.385 e. The van der Waals surface area contributed by atoms with E-state index in [-0.39, 0.29) is 18.6 Å². The molecule has 0 radical (unpaired) electrons. The topological polar surface area (TPSA) is 84.3 Å². The summed E-state index contributed by atoms with van der Waals surface area (Å²) in [4.78, 5) is 19.2. The van der Waals surface area contributed by atoms with Gasteiger partial charge in [0.15, 0.2) is 0 Å². The number of nitrogens with one attached hydrogen (secondary N) is 1. The normalized spacial score (nSPS) is 28.0. The van der Waals surface area contributed by atoms with E-state index in [1.54, 1.807) is 6.92 Å². The lowest BCUT2D eigenvalue weighted by Crippen LogP contribution is -2.47. The smallest absolute Gasteiger partial charge is 0.254 e. The number of aromatic nitrogens is 2. The van der Waals surface area contributed by atoms with Gasteiger partial charge in [-0.1, -0.05) is 0 Å². The molecule has 1 aliphatic rings. The summed E-state index contributed by atoms with van der Waals surface area (Å²) in [6.45, 7) is 2.48. The van der Waals surface area contributed by atoms with Gasteiger partial charge in [0.2, 0.25) is 0 Å². The molecule has 1 aliphatic heterocycles. The van der Waals surface area contributed by atoms with E-state index in [4.69, 9.17) is 4.74 Å². The van der Waals surface area contributed by atoms with Crippen molar-refractivity contribution in [3.8, 4) is 0 Å². The third-order valence-corrected chi connectivity index (χ3v) is 3.04. The van der Waals surface area contributed by atoms with Crippen LogP contribution in [0.5, 0.6) is 0 Å². The van der Waals surface area contributed by atoms with Crippen LogP contribution < -0.4 is 5.32 Å². The van der Waals surface area contributed by atoms with E-state index in [9.17, 15) is 9.90 Å². The molecule has 1 aromatic rings. The van der Waals surface area contributed by atoms with Crippen LogP contribution in [0.2, 0.25) is 0 Å². The first-order valence-corrected chi connectivity index (χ1v) is 5.49. The molecule has 2 heterocycles. The number of rotatable bonds is 3. The fourth-order valence-corrected chi connectivity index (χ4v) is 1.75. The molecule has 6 heteroatoms. The van der Waals surface area contributed by atoms with Crippen molar-refractivity contribution in [3.63, 3.8) is 0 Å². The van der Waals surface area contributed by atoms with Crippen molar-refractivity contribution in [1.82, 2.24) is 15.3 Å². The Balaban J connectivity index is 1.93. The van der Waals surface area contributed by atoms with Gasteiger partial charge in [-0.15, -0.1) is 0 Å². The summed E-state index contributed by atoms with van der Waals surface area (Å²) in [6, 6.07) is 0. The fourth-order valence-electron chi connectivity index (χ4n) is 1.75. The quantitative estimate of drug-likeness (QED) is 0.757. The highest BCUT2D eigenvalue weighted by molar-refractivity contribution is 5.93. The largest absolute Gasteiger partial charge is 0.385 e. The molecule has 1 aromatic heterocycles. The fraction of sp³-hybridized carbons (Fsp3) is 0.545. The summed E-state index contributed by atoms with van der Waals surface area (Å²) in [6.07, 6.45) is 4.48. The van der Waals surface area contributed by atoms with Crippen LogP contribution in [0.25, 0.3) is 0 Å². The first-order chi connectivity index (χ1) is 8.12. The maximum absolute atomic E-state index is 11.7. The van der Waals surface area contributed by atoms with E-state index in [0.717, 1.165) is 0 Å². The number of hydrogen-bond acceptors (Lipinski definition) is 5. The Morgan fingerprint density at radius 3 is 2.94 bits per heavy atom. The van der Waals surface area contributed by atoms with Crippen molar-refractivity contribution in [2.45, 2.75) is 25.0 Å². The lowest BCUT2D eigenvalue weighted by atomic mass is 9.96. The van der Waals surface area contributed by atoms with Crippen molar-refractivity contribution in [2.75, 3.05) is 13.2 Å². The molecule has 1 fully saturated rings. The SMILES string of the molecule is CC1OCCC1(O)CNC(=O)c1cncnc1. The molecule has 0 saturated carbocycles. The lowest BCUT2D eigenvalue weighted by molar-refractivity contribution is -0.0251. The number of hydrogen-bond donors (Lipinski definition) is 2. The van der Waals surface area contributed by atoms with Crippen molar-refractivity contribution in [3.05, 3.63) is 24.3 Å². The first-order valence-electron chi connectivity index (χ1n) is 5.49. The zero-order chi connectivity index (χ0) is 12.3. The molecule has 92 valence electrons. The van der Waals surface area contributed by atoms with E-state index >= 15 is 0 Å². The molecule has 17 heavy (non-hydrogen) atoms. The highest BCUT2D eigenvalue weighted by Crippen LogP contribution is 2.24. The second-order valence-corrected chi connectivity index (χ2v) is 4.18. The molecule has 0 bridgehead atoms. The van der Waals surface area contributed by atoms with E-state index in [1.807, 2.05) is 0 Å². The zero-order valence-electron chi connectivity index (χ0n) is 9.59. The average molecular weight is 237 g/mol. The molecular weight excluding hydrogens is 222 g/mol. The predicted molar refractivity (Wildman–Crippen MR) is 59.3 cm³/mol. The van der Waals surface area contributed by atoms with Gasteiger partial charge < -0.3 is 15.2 Å². The molecular formula is C11H15N3O3. The molecule has 6 nitrogen and oxygen atoms in total. The van der Waals surface area contributed by atoms with Crippen LogP contribution in [0, 0.1) is 0 Å². The van der Waals surface area contributed by atoms with Gasteiger partial charge in [0.1, 0.15) is 11.9 Å². The van der Waals surface area contributed by atoms with Gasteiger partial charge in [-0.05, 0) is 6.92 Å². The third-order valence-electron chi connectivity index (χ3n) is 3.04. The molecule has 0 spiro atoms. The van der Waals surface area contributed by atoms with Crippen LogP contribution >= 0.6 is 0 Å². The van der Waals surface area contributed by atoms with Gasteiger partial charge >= 0.3 is 0 Å². The van der Waals surface area contributed by atoms with Gasteiger partial charge in [-0.25, -0.2) is 9.97 Å². The van der Waals surface area contributed by atoms with Crippen LogP contribution in [0.15, 0.2) is 18.7 Å². The Bertz CT molecular complexity index is 398. The molecule has 2 rings (SSSR count). The van der Waals surface area contributed by atoms with Crippen LogP contribution in [-0.4, -0.2) is 45.8 Å². The second kappa shape index (κ2) is 4.77. The number of nitrogens with zero attached hydrogens (tertiary/aromatic N) is 2. The van der Waals surface area contributed by atoms with Gasteiger partial charge in [0, 0.05) is 32.0 Å². The number of carbonyl (C=O) groups excluding carboxylic acids is 1. The van der Waals surface area contributed by atoms with Crippen molar-refractivity contribution >= 4 is 5.91 Å². The van der Waals surface area contributed by atoms with E-state index < -0.39 is 5.60 Å². The maximum atomic E-state index is 11.7. The summed E-state index contributed by atoms with van der Waals surface area (Å²) < 4.78 is 5.28. The summed E-state index contributed by atoms with van der Waals surface area (Å²) in [7, 11) is 0. The van der Waals surface area contributed by atoms with Crippen molar-refractivity contribution in [2.24, 2.45) is 0 Å². The van der Waals surface area contributed by atoms with E-state index in [0.29, 0.717) is 18.6 Å². The van der Waals surface area contributed by atoms with Gasteiger partial charge in [-0.3, -0.25) is 4.79 Å². The van der Waals surface area contributed by atoms with E-state index in [1.165, 1.54) is 18.7 Å². The summed E-state index contributed by atoms with van der Waals surface area (Å²) >= 11 is 0. The monoisotopic (exact) mass is 237 g/mol. The summed E-state index contributed by atoms with van der Waals surface area (Å²) in [5.41, 5.74) is -0.603. The molecule has 1 saturated heterocycles. The highest BCUT2D eigenvalue weighted by atomic mass is 16.5. The highest BCUT2D eigenvalue weighted by Gasteiger charge is 2.39. The standard InChI is InChI=1S/C11H15N3O3/c1-8-11(16,2-3-17-8)6-14-10(15)9-4-12-7-13-5-9/h4-5,7-8,16H,2-3,6H2,1H3,(H,14,15). The number of ether oxygens (including phenoxy) is 1. The van der Waals surface area contributed by atoms with Crippen LogP contribution in [0.4, 0.5) is 0 Å². The van der Waals surface area contributed by atoms with Gasteiger partial charge in [0.25, 0.3) is 5.91 Å². The molecule has 0 aromatic carbocycles. The molecule has 2 unspecified atom stereocenters. The van der Waals surface area contributed by atoms with Gasteiger partial charge in [-0.2, -0.15) is 0 Å². The predicted octanol–water partition coefficient (Wildman–Crippen LogP) is -0.254. The van der Waals surface area contributed by atoms with E-state index in [2.05, 4.69) is 15.3 Å². The lowest BCUT2D eigenvalue weighted by Gasteiger charge is -2.26. The van der Waals surface area contributed by atoms with Crippen LogP contribution in [0.3, 0.4) is 0 Å². The van der Waals surface area contributed by atoms with Crippen LogP contribution in [0.1, 0.15) is 23.7 Å². The molecule has 0 aliphatic carbocycles. The minimum atomic E-state index is -0.981. The van der Waals surface area contributed by atoms with Crippen molar-refractivity contribution < 1.29 is 14.6 Å². The van der Waals surface area contributed by atoms with Crippen LogP contribution in [-0.2, 0) is 4.74 Å².